The van der Waals surface area contributed by atoms with E-state index in [1.54, 1.807) is 7.11 Å². The van der Waals surface area contributed by atoms with Gasteiger partial charge < -0.3 is 14.8 Å². The van der Waals surface area contributed by atoms with Gasteiger partial charge in [0.1, 0.15) is 17.1 Å². The van der Waals surface area contributed by atoms with Crippen molar-refractivity contribution >= 4 is 23.4 Å². The number of Topliss-reactive ketones (excluding diaryl/α,β-unsaturated/α-hetero) is 1. The fourth-order valence-electron chi connectivity index (χ4n) is 4.29. The SMILES string of the molecule is COc1ccc2c(c1)CCC2(CC(=O)CNCC(=O)OC(C)(C)C)c1ccc(Cl)cc1. The van der Waals surface area contributed by atoms with Crippen molar-refractivity contribution in [2.24, 2.45) is 0 Å². The summed E-state index contributed by atoms with van der Waals surface area (Å²) in [6.45, 7) is 5.57. The number of rotatable bonds is 8. The van der Waals surface area contributed by atoms with E-state index in [2.05, 4.69) is 17.4 Å². The number of fused-ring (bicyclic) bond motifs is 1. The molecule has 0 saturated carbocycles. The first-order chi connectivity index (χ1) is 14.6. The molecule has 0 bridgehead atoms. The Morgan fingerprint density at radius 1 is 1.10 bits per heavy atom. The molecule has 5 nitrogen and oxygen atoms in total. The van der Waals surface area contributed by atoms with Crippen LogP contribution >= 0.6 is 11.6 Å². The molecule has 1 atom stereocenters. The molecule has 0 radical (unpaired) electrons. The summed E-state index contributed by atoms with van der Waals surface area (Å²) in [5.41, 5.74) is 2.45. The van der Waals surface area contributed by atoms with Gasteiger partial charge in [-0.2, -0.15) is 0 Å². The average Bonchev–Trinajstić information content (AvgIpc) is 3.05. The first kappa shape index (κ1) is 23.3. The molecule has 31 heavy (non-hydrogen) atoms. The van der Waals surface area contributed by atoms with Crippen molar-refractivity contribution in [2.75, 3.05) is 20.2 Å². The van der Waals surface area contributed by atoms with Gasteiger partial charge in [0.25, 0.3) is 0 Å². The van der Waals surface area contributed by atoms with Crippen LogP contribution in [-0.4, -0.2) is 37.6 Å². The van der Waals surface area contributed by atoms with E-state index in [1.165, 1.54) is 5.56 Å². The minimum Gasteiger partial charge on any atom is -0.497 e. The first-order valence-corrected chi connectivity index (χ1v) is 10.9. The number of hydrogen-bond donors (Lipinski definition) is 1. The number of ether oxygens (including phenoxy) is 2. The number of carbonyl (C=O) groups is 2. The smallest absolute Gasteiger partial charge is 0.320 e. The molecule has 0 heterocycles. The van der Waals surface area contributed by atoms with Gasteiger partial charge in [-0.05, 0) is 74.6 Å². The highest BCUT2D eigenvalue weighted by Gasteiger charge is 2.41. The zero-order valence-corrected chi connectivity index (χ0v) is 19.3. The molecule has 0 amide bonds. The van der Waals surface area contributed by atoms with Crippen LogP contribution in [0.3, 0.4) is 0 Å². The number of benzene rings is 2. The van der Waals surface area contributed by atoms with E-state index < -0.39 is 11.0 Å². The van der Waals surface area contributed by atoms with E-state index in [-0.39, 0.29) is 24.8 Å². The Kier molecular flexibility index (Phi) is 7.07. The minimum absolute atomic E-state index is 0.00470. The maximum Gasteiger partial charge on any atom is 0.320 e. The van der Waals surface area contributed by atoms with E-state index in [1.807, 2.05) is 51.1 Å². The fourth-order valence-corrected chi connectivity index (χ4v) is 4.41. The fraction of sp³-hybridized carbons (Fsp3) is 0.440. The Balaban J connectivity index is 1.78. The Bertz CT molecular complexity index is 949. The molecule has 0 spiro atoms. The second kappa shape index (κ2) is 9.41. The predicted octanol–water partition coefficient (Wildman–Crippen LogP) is 4.47. The lowest BCUT2D eigenvalue weighted by Crippen LogP contribution is -2.36. The van der Waals surface area contributed by atoms with Crippen LogP contribution in [0.1, 0.15) is 50.3 Å². The molecular formula is C25H30ClNO4. The highest BCUT2D eigenvalue weighted by atomic mass is 35.5. The highest BCUT2D eigenvalue weighted by Crippen LogP contribution is 2.47. The van der Waals surface area contributed by atoms with Crippen molar-refractivity contribution in [1.29, 1.82) is 0 Å². The van der Waals surface area contributed by atoms with Gasteiger partial charge in [-0.1, -0.05) is 29.8 Å². The van der Waals surface area contributed by atoms with Gasteiger partial charge in [0.05, 0.1) is 20.2 Å². The molecule has 1 aliphatic carbocycles. The Labute approximate surface area is 189 Å². The molecule has 0 aromatic heterocycles. The topological polar surface area (TPSA) is 64.6 Å². The molecule has 3 rings (SSSR count). The Morgan fingerprint density at radius 2 is 1.81 bits per heavy atom. The molecule has 6 heteroatoms. The van der Waals surface area contributed by atoms with Crippen LogP contribution in [0.15, 0.2) is 42.5 Å². The molecule has 0 aliphatic heterocycles. The lowest BCUT2D eigenvalue weighted by Gasteiger charge is -2.31. The first-order valence-electron chi connectivity index (χ1n) is 10.5. The Morgan fingerprint density at radius 3 is 2.45 bits per heavy atom. The van der Waals surface area contributed by atoms with E-state index in [4.69, 9.17) is 21.1 Å². The quantitative estimate of drug-likeness (QED) is 0.610. The summed E-state index contributed by atoms with van der Waals surface area (Å²) in [6, 6.07) is 13.8. The van der Waals surface area contributed by atoms with E-state index in [0.29, 0.717) is 11.4 Å². The Hall–Kier alpha value is -2.37. The predicted molar refractivity (Wildman–Crippen MR) is 122 cm³/mol. The maximum atomic E-state index is 13.0. The van der Waals surface area contributed by atoms with Gasteiger partial charge in [-0.3, -0.25) is 9.59 Å². The summed E-state index contributed by atoms with van der Waals surface area (Å²) in [6.07, 6.45) is 2.04. The number of halogens is 1. The van der Waals surface area contributed by atoms with Crippen LogP contribution in [-0.2, 0) is 26.2 Å². The van der Waals surface area contributed by atoms with Crippen LogP contribution in [0.25, 0.3) is 0 Å². The van der Waals surface area contributed by atoms with E-state index >= 15 is 0 Å². The highest BCUT2D eigenvalue weighted by molar-refractivity contribution is 6.30. The van der Waals surface area contributed by atoms with Crippen LogP contribution < -0.4 is 10.1 Å². The molecular weight excluding hydrogens is 414 g/mol. The normalized spacial score (nSPS) is 17.8. The number of hydrogen-bond acceptors (Lipinski definition) is 5. The summed E-state index contributed by atoms with van der Waals surface area (Å²) in [7, 11) is 1.66. The van der Waals surface area contributed by atoms with Gasteiger partial charge in [-0.15, -0.1) is 0 Å². The van der Waals surface area contributed by atoms with Crippen molar-refractivity contribution < 1.29 is 19.1 Å². The summed E-state index contributed by atoms with van der Waals surface area (Å²) in [5.74, 6) is 0.490. The molecule has 1 unspecified atom stereocenters. The third kappa shape index (κ3) is 5.66. The van der Waals surface area contributed by atoms with Crippen molar-refractivity contribution in [3.8, 4) is 5.75 Å². The number of aryl methyl sites for hydroxylation is 1. The number of esters is 1. The van der Waals surface area contributed by atoms with Gasteiger partial charge in [-0.25, -0.2) is 0 Å². The van der Waals surface area contributed by atoms with Crippen LogP contribution in [0.5, 0.6) is 5.75 Å². The van der Waals surface area contributed by atoms with Crippen LogP contribution in [0.2, 0.25) is 5.02 Å². The standard InChI is InChI=1S/C25H30ClNO4/c1-24(2,3)31-23(29)16-27-15-20(28)14-25(18-5-7-19(26)8-6-18)12-11-17-13-21(30-4)9-10-22(17)25/h5-10,13,27H,11-12,14-16H2,1-4H3. The van der Waals surface area contributed by atoms with E-state index in [9.17, 15) is 9.59 Å². The number of nitrogens with one attached hydrogen (secondary N) is 1. The van der Waals surface area contributed by atoms with Gasteiger partial charge >= 0.3 is 5.97 Å². The van der Waals surface area contributed by atoms with Crippen molar-refractivity contribution in [1.82, 2.24) is 5.32 Å². The van der Waals surface area contributed by atoms with Gasteiger partial charge in [0, 0.05) is 16.9 Å². The van der Waals surface area contributed by atoms with Gasteiger partial charge in [0.15, 0.2) is 0 Å². The second-order valence-electron chi connectivity index (χ2n) is 9.02. The molecule has 1 N–H and O–H groups in total. The van der Waals surface area contributed by atoms with Gasteiger partial charge in [0.2, 0.25) is 0 Å². The monoisotopic (exact) mass is 443 g/mol. The zero-order valence-electron chi connectivity index (χ0n) is 18.6. The average molecular weight is 444 g/mol. The molecule has 2 aromatic rings. The summed E-state index contributed by atoms with van der Waals surface area (Å²) < 4.78 is 10.7. The lowest BCUT2D eigenvalue weighted by molar-refractivity contribution is -0.153. The minimum atomic E-state index is -0.546. The van der Waals surface area contributed by atoms with Crippen LogP contribution in [0, 0.1) is 0 Å². The second-order valence-corrected chi connectivity index (χ2v) is 9.45. The molecule has 2 aromatic carbocycles. The maximum absolute atomic E-state index is 13.0. The largest absolute Gasteiger partial charge is 0.497 e. The molecule has 1 aliphatic rings. The zero-order chi connectivity index (χ0) is 22.6. The third-order valence-electron chi connectivity index (χ3n) is 5.56. The number of carbonyl (C=O) groups excluding carboxylic acids is 2. The van der Waals surface area contributed by atoms with Crippen molar-refractivity contribution in [3.05, 3.63) is 64.2 Å². The molecule has 166 valence electrons. The summed E-state index contributed by atoms with van der Waals surface area (Å²) in [5, 5.41) is 3.60. The molecule has 0 fully saturated rings. The molecule has 0 saturated heterocycles. The summed E-state index contributed by atoms with van der Waals surface area (Å²) >= 11 is 6.12. The number of methoxy groups -OCH3 is 1. The summed E-state index contributed by atoms with van der Waals surface area (Å²) in [4.78, 5) is 24.9. The van der Waals surface area contributed by atoms with E-state index in [0.717, 1.165) is 29.7 Å². The van der Waals surface area contributed by atoms with Crippen molar-refractivity contribution in [2.45, 2.75) is 51.0 Å². The lowest BCUT2D eigenvalue weighted by atomic mass is 9.72. The number of ketones is 1. The third-order valence-corrected chi connectivity index (χ3v) is 5.81. The van der Waals surface area contributed by atoms with Crippen molar-refractivity contribution in [3.63, 3.8) is 0 Å². The van der Waals surface area contributed by atoms with Crippen LogP contribution in [0.4, 0.5) is 0 Å².